The summed E-state index contributed by atoms with van der Waals surface area (Å²) in [6.07, 6.45) is -2.00. The maximum absolute atomic E-state index is 12.8. The quantitative estimate of drug-likeness (QED) is 0.237. The van der Waals surface area contributed by atoms with Gasteiger partial charge in [-0.3, -0.25) is 19.8 Å². The zero-order chi connectivity index (χ0) is 21.1. The van der Waals surface area contributed by atoms with Gasteiger partial charge in [0, 0.05) is 23.5 Å². The number of carbonyl (C=O) groups is 3. The van der Waals surface area contributed by atoms with E-state index in [1.165, 1.54) is 45.0 Å². The Morgan fingerprint density at radius 2 is 1.82 bits per heavy atom. The zero-order valence-corrected chi connectivity index (χ0v) is 15.8. The third-order valence-corrected chi connectivity index (χ3v) is 4.95. The molecule has 0 radical (unpaired) electrons. The predicted molar refractivity (Wildman–Crippen MR) is 95.0 cm³/mol. The lowest BCUT2D eigenvalue weighted by Crippen LogP contribution is -2.59. The van der Waals surface area contributed by atoms with Gasteiger partial charge in [0.15, 0.2) is 0 Å². The molecule has 0 spiro atoms. The van der Waals surface area contributed by atoms with Crippen molar-refractivity contribution in [1.29, 1.82) is 0 Å². The van der Waals surface area contributed by atoms with Gasteiger partial charge in [-0.05, 0) is 13.8 Å². The summed E-state index contributed by atoms with van der Waals surface area (Å²) in [5.41, 5.74) is -4.00. The number of aliphatic hydroxyl groups is 1. The topological polar surface area (TPSA) is 136 Å². The van der Waals surface area contributed by atoms with E-state index in [0.29, 0.717) is 4.90 Å². The number of nitrogens with zero attached hydrogens (tertiary/aromatic N) is 2. The van der Waals surface area contributed by atoms with Crippen LogP contribution in [0.3, 0.4) is 0 Å². The molecular weight excluding hydrogens is 372 g/mol. The molecule has 1 fully saturated rings. The van der Waals surface area contributed by atoms with Gasteiger partial charge in [-0.15, -0.1) is 0 Å². The highest BCUT2D eigenvalue weighted by molar-refractivity contribution is 6.07. The minimum absolute atomic E-state index is 0.0784. The number of hydrogen-bond donors (Lipinski definition) is 1. The van der Waals surface area contributed by atoms with Crippen molar-refractivity contribution < 1.29 is 33.9 Å². The van der Waals surface area contributed by atoms with E-state index in [2.05, 4.69) is 0 Å². The van der Waals surface area contributed by atoms with E-state index >= 15 is 0 Å². The number of nitro benzene ring substituents is 1. The normalized spacial score (nSPS) is 23.1. The number of nitro groups is 1. The van der Waals surface area contributed by atoms with E-state index in [1.54, 1.807) is 0 Å². The van der Waals surface area contributed by atoms with Crippen LogP contribution in [0.4, 0.5) is 5.69 Å². The van der Waals surface area contributed by atoms with Crippen LogP contribution in [-0.2, 0) is 29.3 Å². The number of para-hydroxylation sites is 1. The fraction of sp³-hybridized carbons (Fsp3) is 0.500. The summed E-state index contributed by atoms with van der Waals surface area (Å²) in [4.78, 5) is 48.8. The lowest BCUT2D eigenvalue weighted by molar-refractivity contribution is -0.386. The van der Waals surface area contributed by atoms with Gasteiger partial charge in [-0.1, -0.05) is 25.1 Å². The first kappa shape index (κ1) is 21.3. The largest absolute Gasteiger partial charge is 0.464 e. The highest BCUT2D eigenvalue weighted by atomic mass is 16.6. The summed E-state index contributed by atoms with van der Waals surface area (Å²) < 4.78 is 10.00. The van der Waals surface area contributed by atoms with Crippen LogP contribution in [0.15, 0.2) is 24.3 Å². The summed E-state index contributed by atoms with van der Waals surface area (Å²) in [5, 5.41) is 22.4. The Bertz CT molecular complexity index is 778. The fourth-order valence-corrected chi connectivity index (χ4v) is 3.67. The van der Waals surface area contributed by atoms with E-state index in [1.807, 2.05) is 0 Å². The summed E-state index contributed by atoms with van der Waals surface area (Å²) >= 11 is 0. The van der Waals surface area contributed by atoms with Gasteiger partial charge >= 0.3 is 11.9 Å². The lowest BCUT2D eigenvalue weighted by atomic mass is 9.75. The molecule has 0 bridgehead atoms. The molecule has 10 heteroatoms. The van der Waals surface area contributed by atoms with Crippen molar-refractivity contribution in [2.45, 2.75) is 44.4 Å². The number of benzene rings is 1. The summed E-state index contributed by atoms with van der Waals surface area (Å²) in [6, 6.07) is 5.64. The Morgan fingerprint density at radius 1 is 1.29 bits per heavy atom. The second-order valence-corrected chi connectivity index (χ2v) is 6.56. The number of likely N-dealkylation sites (tertiary alicyclic amines) is 1. The molecule has 1 N–H and O–H groups in total. The zero-order valence-electron chi connectivity index (χ0n) is 15.8. The molecule has 10 nitrogen and oxygen atoms in total. The first-order valence-corrected chi connectivity index (χ1v) is 8.70. The summed E-state index contributed by atoms with van der Waals surface area (Å²) in [7, 11) is 0. The highest BCUT2D eigenvalue weighted by Crippen LogP contribution is 2.50. The van der Waals surface area contributed by atoms with Crippen molar-refractivity contribution in [2.75, 3.05) is 13.2 Å². The van der Waals surface area contributed by atoms with Gasteiger partial charge in [0.2, 0.25) is 11.9 Å². The van der Waals surface area contributed by atoms with Crippen LogP contribution in [0.25, 0.3) is 0 Å². The number of ether oxygens (including phenoxy) is 2. The van der Waals surface area contributed by atoms with Crippen LogP contribution < -0.4 is 0 Å². The second-order valence-electron chi connectivity index (χ2n) is 6.56. The minimum atomic E-state index is -2.26. The molecule has 0 aliphatic carbocycles. The van der Waals surface area contributed by atoms with Gasteiger partial charge in [-0.25, -0.2) is 9.59 Å². The molecule has 152 valence electrons. The van der Waals surface area contributed by atoms with Crippen LogP contribution in [0.1, 0.15) is 32.8 Å². The molecule has 2 atom stereocenters. The Balaban J connectivity index is 2.71. The van der Waals surface area contributed by atoms with Crippen molar-refractivity contribution in [3.05, 3.63) is 39.9 Å². The number of carbonyl (C=O) groups excluding carboxylic acids is 3. The molecule has 1 amide bonds. The van der Waals surface area contributed by atoms with Crippen molar-refractivity contribution in [3.63, 3.8) is 0 Å². The molecule has 2 unspecified atom stereocenters. The van der Waals surface area contributed by atoms with E-state index in [4.69, 9.17) is 9.47 Å². The first-order valence-electron chi connectivity index (χ1n) is 8.70. The maximum Gasteiger partial charge on any atom is 0.344 e. The molecular formula is C18H22N2O8. The highest BCUT2D eigenvalue weighted by Gasteiger charge is 2.68. The molecule has 28 heavy (non-hydrogen) atoms. The molecule has 0 aromatic heterocycles. The third-order valence-electron chi connectivity index (χ3n) is 4.95. The molecule has 1 aromatic carbocycles. The van der Waals surface area contributed by atoms with Crippen molar-refractivity contribution in [2.24, 2.45) is 0 Å². The minimum Gasteiger partial charge on any atom is -0.464 e. The van der Waals surface area contributed by atoms with Crippen LogP contribution in [0.2, 0.25) is 0 Å². The van der Waals surface area contributed by atoms with Crippen LogP contribution in [0, 0.1) is 10.1 Å². The van der Waals surface area contributed by atoms with Gasteiger partial charge in [0.25, 0.3) is 5.69 Å². The van der Waals surface area contributed by atoms with Crippen LogP contribution in [0.5, 0.6) is 0 Å². The Labute approximate surface area is 161 Å². The SMILES string of the molecule is CCOC(=O)C1(C(=O)OCC)CC(C)(c2ccccc2[N+](=O)[O-])C(O)N1C=O. The van der Waals surface area contributed by atoms with E-state index < -0.39 is 40.5 Å². The number of aliphatic hydroxyl groups excluding tert-OH is 1. The van der Waals surface area contributed by atoms with Gasteiger partial charge in [0.1, 0.15) is 6.23 Å². The molecule has 1 aliphatic heterocycles. The van der Waals surface area contributed by atoms with Gasteiger partial charge in [0.05, 0.1) is 18.1 Å². The van der Waals surface area contributed by atoms with Crippen LogP contribution in [-0.4, -0.2) is 58.3 Å². The Hall–Kier alpha value is -3.01. The smallest absolute Gasteiger partial charge is 0.344 e. The molecule has 0 saturated carbocycles. The van der Waals surface area contributed by atoms with Gasteiger partial charge < -0.3 is 14.6 Å². The van der Waals surface area contributed by atoms with Crippen molar-refractivity contribution in [1.82, 2.24) is 4.90 Å². The average Bonchev–Trinajstić information content (AvgIpc) is 2.91. The molecule has 1 heterocycles. The van der Waals surface area contributed by atoms with Crippen LogP contribution >= 0.6 is 0 Å². The van der Waals surface area contributed by atoms with E-state index in [9.17, 15) is 29.6 Å². The molecule has 1 aromatic rings. The molecule has 2 rings (SSSR count). The molecule has 1 aliphatic rings. The lowest BCUT2D eigenvalue weighted by Gasteiger charge is -2.32. The number of hydrogen-bond acceptors (Lipinski definition) is 8. The molecule has 1 saturated heterocycles. The van der Waals surface area contributed by atoms with Crippen molar-refractivity contribution >= 4 is 24.0 Å². The van der Waals surface area contributed by atoms with E-state index in [-0.39, 0.29) is 30.9 Å². The number of rotatable bonds is 7. The summed E-state index contributed by atoms with van der Waals surface area (Å²) in [5.74, 6) is -2.14. The van der Waals surface area contributed by atoms with Gasteiger partial charge in [-0.2, -0.15) is 0 Å². The maximum atomic E-state index is 12.8. The average molecular weight is 394 g/mol. The van der Waals surface area contributed by atoms with E-state index in [0.717, 1.165) is 0 Å². The standard InChI is InChI=1S/C18H22N2O8/c1-4-27-15(23)18(16(24)28-5-2)10-17(3,14(22)19(18)11-21)12-8-6-7-9-13(12)20(25)26/h6-9,11,14,22H,4-5,10H2,1-3H3. The fourth-order valence-electron chi connectivity index (χ4n) is 3.67. The summed E-state index contributed by atoms with van der Waals surface area (Å²) in [6.45, 7) is 4.33. The number of amides is 1. The third kappa shape index (κ3) is 3.09. The Kier molecular flexibility index (Phi) is 6.03. The number of esters is 2. The predicted octanol–water partition coefficient (Wildman–Crippen LogP) is 0.898. The monoisotopic (exact) mass is 394 g/mol. The second kappa shape index (κ2) is 7.93. The Morgan fingerprint density at radius 3 is 2.29 bits per heavy atom. The van der Waals surface area contributed by atoms with Crippen molar-refractivity contribution in [3.8, 4) is 0 Å². The first-order chi connectivity index (χ1) is 13.2.